The van der Waals surface area contributed by atoms with E-state index in [2.05, 4.69) is 20.7 Å². The summed E-state index contributed by atoms with van der Waals surface area (Å²) in [5, 5.41) is 0. The van der Waals surface area contributed by atoms with E-state index in [1.165, 1.54) is 12.1 Å². The van der Waals surface area contributed by atoms with Gasteiger partial charge in [-0.25, -0.2) is 17.5 Å². The van der Waals surface area contributed by atoms with E-state index in [-0.39, 0.29) is 17.5 Å². The van der Waals surface area contributed by atoms with Crippen LogP contribution in [0.15, 0.2) is 27.6 Å². The summed E-state index contributed by atoms with van der Waals surface area (Å²) in [6.45, 7) is 2.01. The average molecular weight is 325 g/mol. The zero-order chi connectivity index (χ0) is 13.1. The highest BCUT2D eigenvalue weighted by molar-refractivity contribution is 9.10. The highest BCUT2D eigenvalue weighted by Crippen LogP contribution is 2.22. The first-order valence-corrected chi connectivity index (χ1v) is 7.31. The quantitative estimate of drug-likeness (QED) is 0.864. The maximum Gasteiger partial charge on any atom is 0.241 e. The minimum Gasteiger partial charge on any atom is -0.328 e. The molecule has 1 aromatic carbocycles. The number of nitrogens with two attached hydrogens (primary N) is 1. The molecule has 0 radical (unpaired) electrons. The fraction of sp³-hybridized carbons (Fsp3) is 0.400. The summed E-state index contributed by atoms with van der Waals surface area (Å²) in [5.74, 6) is -0.597. The zero-order valence-corrected chi connectivity index (χ0v) is 11.7. The number of nitrogens with one attached hydrogen (secondary N) is 1. The van der Waals surface area contributed by atoms with Crippen LogP contribution in [0, 0.1) is 5.82 Å². The third-order valence-corrected chi connectivity index (χ3v) is 4.53. The second kappa shape index (κ2) is 5.90. The van der Waals surface area contributed by atoms with Crippen LogP contribution in [0.5, 0.6) is 0 Å². The summed E-state index contributed by atoms with van der Waals surface area (Å²) >= 11 is 3.08. The first kappa shape index (κ1) is 14.6. The van der Waals surface area contributed by atoms with Crippen molar-refractivity contribution in [3.05, 3.63) is 28.5 Å². The number of hydrogen-bond donors (Lipinski definition) is 2. The SMILES string of the molecule is C[C@H](N)CCNS(=O)(=O)c1cc(F)ccc1Br. The lowest BCUT2D eigenvalue weighted by molar-refractivity contribution is 0.568. The third kappa shape index (κ3) is 4.34. The molecule has 4 nitrogen and oxygen atoms in total. The van der Waals surface area contributed by atoms with Crippen molar-refractivity contribution in [2.75, 3.05) is 6.54 Å². The molecule has 0 aromatic heterocycles. The van der Waals surface area contributed by atoms with E-state index in [9.17, 15) is 12.8 Å². The molecule has 0 aliphatic rings. The van der Waals surface area contributed by atoms with Crippen LogP contribution < -0.4 is 10.5 Å². The Labute approximate surface area is 109 Å². The third-order valence-electron chi connectivity index (χ3n) is 2.07. The Bertz CT molecular complexity index is 491. The van der Waals surface area contributed by atoms with Gasteiger partial charge in [-0.1, -0.05) is 0 Å². The Morgan fingerprint density at radius 2 is 2.18 bits per heavy atom. The van der Waals surface area contributed by atoms with Crippen molar-refractivity contribution in [3.8, 4) is 0 Å². The predicted octanol–water partition coefficient (Wildman–Crippen LogP) is 1.60. The first-order chi connectivity index (χ1) is 7.83. The van der Waals surface area contributed by atoms with Crippen LogP contribution in [0.2, 0.25) is 0 Å². The highest BCUT2D eigenvalue weighted by Gasteiger charge is 2.17. The second-order valence-electron chi connectivity index (χ2n) is 3.74. The van der Waals surface area contributed by atoms with Crippen LogP contribution >= 0.6 is 15.9 Å². The molecule has 0 saturated heterocycles. The lowest BCUT2D eigenvalue weighted by atomic mass is 10.3. The van der Waals surface area contributed by atoms with E-state index >= 15 is 0 Å². The Balaban J connectivity index is 2.86. The molecule has 96 valence electrons. The molecule has 0 amide bonds. The highest BCUT2D eigenvalue weighted by atomic mass is 79.9. The van der Waals surface area contributed by atoms with Gasteiger partial charge < -0.3 is 5.73 Å². The molecule has 0 unspecified atom stereocenters. The summed E-state index contributed by atoms with van der Waals surface area (Å²) in [6, 6.07) is 3.42. The van der Waals surface area contributed by atoms with Crippen LogP contribution in [-0.2, 0) is 10.0 Å². The largest absolute Gasteiger partial charge is 0.328 e. The van der Waals surface area contributed by atoms with Crippen molar-refractivity contribution in [3.63, 3.8) is 0 Å². The van der Waals surface area contributed by atoms with Gasteiger partial charge in [0.05, 0.1) is 4.90 Å². The van der Waals surface area contributed by atoms with Crippen molar-refractivity contribution >= 4 is 26.0 Å². The molecule has 0 aliphatic carbocycles. The minimum atomic E-state index is -3.70. The van der Waals surface area contributed by atoms with E-state index in [0.29, 0.717) is 10.9 Å². The molecule has 0 saturated carbocycles. The number of benzene rings is 1. The smallest absolute Gasteiger partial charge is 0.241 e. The first-order valence-electron chi connectivity index (χ1n) is 5.03. The van der Waals surface area contributed by atoms with Crippen molar-refractivity contribution in [2.24, 2.45) is 5.73 Å². The molecule has 0 fully saturated rings. The minimum absolute atomic E-state index is 0.0892. The molecular weight excluding hydrogens is 311 g/mol. The lowest BCUT2D eigenvalue weighted by Gasteiger charge is -2.09. The summed E-state index contributed by atoms with van der Waals surface area (Å²) in [4.78, 5) is -0.109. The van der Waals surface area contributed by atoms with Crippen LogP contribution in [0.4, 0.5) is 4.39 Å². The second-order valence-corrected chi connectivity index (χ2v) is 6.33. The van der Waals surface area contributed by atoms with E-state index in [0.717, 1.165) is 6.07 Å². The Kier molecular flexibility index (Phi) is 5.05. The number of sulfonamides is 1. The number of hydrogen-bond acceptors (Lipinski definition) is 3. The monoisotopic (exact) mass is 324 g/mol. The molecule has 7 heteroatoms. The fourth-order valence-corrected chi connectivity index (χ4v) is 3.20. The standard InChI is InChI=1S/C10H14BrFN2O2S/c1-7(13)4-5-14-17(15,16)10-6-8(12)2-3-9(10)11/h2-3,6-7,14H,4-5,13H2,1H3/t7-/m0/s1. The van der Waals surface area contributed by atoms with E-state index in [1.807, 2.05) is 0 Å². The number of halogens is 2. The van der Waals surface area contributed by atoms with Gasteiger partial charge in [0.2, 0.25) is 10.0 Å². The molecule has 0 spiro atoms. The Morgan fingerprint density at radius 3 is 2.76 bits per heavy atom. The lowest BCUT2D eigenvalue weighted by Crippen LogP contribution is -2.29. The van der Waals surface area contributed by atoms with Gasteiger partial charge in [0.15, 0.2) is 0 Å². The normalized spacial score (nSPS) is 13.6. The van der Waals surface area contributed by atoms with Crippen molar-refractivity contribution in [2.45, 2.75) is 24.3 Å². The van der Waals surface area contributed by atoms with Gasteiger partial charge >= 0.3 is 0 Å². The summed E-state index contributed by atoms with van der Waals surface area (Å²) in [5.41, 5.74) is 5.51. The molecule has 0 aliphatic heterocycles. The van der Waals surface area contributed by atoms with Crippen LogP contribution in [0.1, 0.15) is 13.3 Å². The molecule has 1 aromatic rings. The predicted molar refractivity (Wildman–Crippen MR) is 67.6 cm³/mol. The van der Waals surface area contributed by atoms with Gasteiger partial charge in [0.1, 0.15) is 5.82 Å². The molecular formula is C10H14BrFN2O2S. The van der Waals surface area contributed by atoms with E-state index < -0.39 is 15.8 Å². The van der Waals surface area contributed by atoms with Gasteiger partial charge in [-0.05, 0) is 47.5 Å². The van der Waals surface area contributed by atoms with Crippen molar-refractivity contribution < 1.29 is 12.8 Å². The molecule has 0 heterocycles. The molecule has 3 N–H and O–H groups in total. The maximum atomic E-state index is 13.0. The van der Waals surface area contributed by atoms with Gasteiger partial charge in [-0.3, -0.25) is 0 Å². The summed E-state index contributed by atoms with van der Waals surface area (Å²) in [6.07, 6.45) is 0.520. The van der Waals surface area contributed by atoms with Crippen molar-refractivity contribution in [1.82, 2.24) is 4.72 Å². The van der Waals surface area contributed by atoms with Gasteiger partial charge in [-0.2, -0.15) is 0 Å². The average Bonchev–Trinajstić information content (AvgIpc) is 2.20. The molecule has 1 rings (SSSR count). The Hall–Kier alpha value is -0.500. The maximum absolute atomic E-state index is 13.0. The van der Waals surface area contributed by atoms with Gasteiger partial charge in [0.25, 0.3) is 0 Å². The fourth-order valence-electron chi connectivity index (χ4n) is 1.18. The van der Waals surface area contributed by atoms with Crippen LogP contribution in [0.25, 0.3) is 0 Å². The molecule has 1 atom stereocenters. The zero-order valence-electron chi connectivity index (χ0n) is 9.28. The van der Waals surface area contributed by atoms with Crippen LogP contribution in [0.3, 0.4) is 0 Å². The van der Waals surface area contributed by atoms with Crippen LogP contribution in [-0.4, -0.2) is 21.0 Å². The summed E-state index contributed by atoms with van der Waals surface area (Å²) in [7, 11) is -3.70. The Morgan fingerprint density at radius 1 is 1.53 bits per heavy atom. The summed E-state index contributed by atoms with van der Waals surface area (Å²) < 4.78 is 39.4. The van der Waals surface area contributed by atoms with Gasteiger partial charge in [-0.15, -0.1) is 0 Å². The molecule has 0 bridgehead atoms. The van der Waals surface area contributed by atoms with E-state index in [1.54, 1.807) is 6.92 Å². The van der Waals surface area contributed by atoms with Gasteiger partial charge in [0, 0.05) is 17.1 Å². The topological polar surface area (TPSA) is 72.2 Å². The number of rotatable bonds is 5. The molecule has 17 heavy (non-hydrogen) atoms. The van der Waals surface area contributed by atoms with Crippen molar-refractivity contribution in [1.29, 1.82) is 0 Å². The van der Waals surface area contributed by atoms with E-state index in [4.69, 9.17) is 5.73 Å².